The highest BCUT2D eigenvalue weighted by Gasteiger charge is 2.19. The van der Waals surface area contributed by atoms with E-state index >= 15 is 0 Å². The average molecular weight is 1080 g/mol. The quantitative estimate of drug-likeness (QED) is 0.0261. The van der Waals surface area contributed by atoms with Gasteiger partial charge in [0.15, 0.2) is 6.10 Å². The minimum Gasteiger partial charge on any atom is -0.462 e. The third-order valence-electron chi connectivity index (χ3n) is 13.7. The number of esters is 3. The van der Waals surface area contributed by atoms with E-state index in [9.17, 15) is 14.4 Å². The summed E-state index contributed by atoms with van der Waals surface area (Å²) in [5.41, 5.74) is 0. The zero-order chi connectivity index (χ0) is 56.4. The van der Waals surface area contributed by atoms with Gasteiger partial charge in [-0.25, -0.2) is 0 Å². The summed E-state index contributed by atoms with van der Waals surface area (Å²) >= 11 is 0. The van der Waals surface area contributed by atoms with Gasteiger partial charge in [0.05, 0.1) is 0 Å². The lowest BCUT2D eigenvalue weighted by molar-refractivity contribution is -0.166. The summed E-state index contributed by atoms with van der Waals surface area (Å²) in [6.07, 6.45) is 91.0. The Bertz CT molecular complexity index is 1620. The highest BCUT2D eigenvalue weighted by atomic mass is 16.6. The van der Waals surface area contributed by atoms with Crippen molar-refractivity contribution >= 4 is 17.9 Å². The Morgan fingerprint density at radius 1 is 0.269 bits per heavy atom. The molecular formula is C72H120O6. The van der Waals surface area contributed by atoms with Gasteiger partial charge >= 0.3 is 17.9 Å². The van der Waals surface area contributed by atoms with Gasteiger partial charge in [0.25, 0.3) is 0 Å². The van der Waals surface area contributed by atoms with Crippen molar-refractivity contribution in [2.75, 3.05) is 13.2 Å². The van der Waals surface area contributed by atoms with Crippen molar-refractivity contribution < 1.29 is 28.6 Å². The van der Waals surface area contributed by atoms with Gasteiger partial charge < -0.3 is 14.2 Å². The van der Waals surface area contributed by atoms with Gasteiger partial charge in [-0.05, 0) is 116 Å². The molecule has 0 bridgehead atoms. The Kier molecular flexibility index (Phi) is 61.8. The topological polar surface area (TPSA) is 78.9 Å². The fourth-order valence-corrected chi connectivity index (χ4v) is 8.89. The first-order chi connectivity index (χ1) is 38.5. The highest BCUT2D eigenvalue weighted by Crippen LogP contribution is 2.16. The van der Waals surface area contributed by atoms with E-state index in [1.807, 2.05) is 6.08 Å². The maximum atomic E-state index is 12.9. The highest BCUT2D eigenvalue weighted by molar-refractivity contribution is 5.71. The van der Waals surface area contributed by atoms with Crippen LogP contribution in [-0.4, -0.2) is 37.2 Å². The molecule has 0 aliphatic rings. The molecule has 0 aromatic heterocycles. The minimum absolute atomic E-state index is 0.106. The van der Waals surface area contributed by atoms with E-state index in [1.54, 1.807) is 0 Å². The van der Waals surface area contributed by atoms with Crippen LogP contribution in [0.4, 0.5) is 0 Å². The molecule has 1 atom stereocenters. The van der Waals surface area contributed by atoms with E-state index in [-0.39, 0.29) is 37.5 Å². The molecule has 0 fully saturated rings. The van der Waals surface area contributed by atoms with Crippen molar-refractivity contribution in [1.29, 1.82) is 0 Å². The van der Waals surface area contributed by atoms with Gasteiger partial charge in [-0.1, -0.05) is 284 Å². The van der Waals surface area contributed by atoms with Gasteiger partial charge in [-0.2, -0.15) is 0 Å². The molecule has 0 spiro atoms. The van der Waals surface area contributed by atoms with E-state index in [4.69, 9.17) is 14.2 Å². The fourth-order valence-electron chi connectivity index (χ4n) is 8.89. The molecule has 0 amide bonds. The lowest BCUT2D eigenvalue weighted by atomic mass is 10.0. The van der Waals surface area contributed by atoms with Gasteiger partial charge in [0.2, 0.25) is 0 Å². The number of allylic oxidation sites excluding steroid dienone is 20. The zero-order valence-corrected chi connectivity index (χ0v) is 50.9. The van der Waals surface area contributed by atoms with Gasteiger partial charge in [0.1, 0.15) is 13.2 Å². The molecule has 0 saturated carbocycles. The Hall–Kier alpha value is -4.19. The first-order valence-electron chi connectivity index (χ1n) is 32.5. The van der Waals surface area contributed by atoms with Gasteiger partial charge in [-0.15, -0.1) is 0 Å². The minimum atomic E-state index is -0.816. The van der Waals surface area contributed by atoms with E-state index in [1.165, 1.54) is 135 Å². The van der Waals surface area contributed by atoms with Crippen LogP contribution in [-0.2, 0) is 28.6 Å². The van der Waals surface area contributed by atoms with Crippen LogP contribution in [0.3, 0.4) is 0 Å². The SMILES string of the molecule is CC/C=C\C/C=C\C/C=C\C/C=C\CCCCCCCCCCCCCCCCCCCCC(=O)OCC(COC(=O)CC/C=C\C/C=C\C/C=C\C/C=C\CC)OC(=O)CCCCCCC/C=C\C/C=C\CCCCCC. The van der Waals surface area contributed by atoms with E-state index in [2.05, 4.69) is 136 Å². The zero-order valence-electron chi connectivity index (χ0n) is 50.9. The summed E-state index contributed by atoms with van der Waals surface area (Å²) in [5, 5.41) is 0. The van der Waals surface area contributed by atoms with Crippen molar-refractivity contribution in [1.82, 2.24) is 0 Å². The van der Waals surface area contributed by atoms with E-state index in [0.29, 0.717) is 19.3 Å². The van der Waals surface area contributed by atoms with E-state index < -0.39 is 6.10 Å². The Balaban J connectivity index is 4.24. The first kappa shape index (κ1) is 73.8. The second-order valence-corrected chi connectivity index (χ2v) is 21.3. The molecule has 0 rings (SSSR count). The van der Waals surface area contributed by atoms with Crippen molar-refractivity contribution in [2.24, 2.45) is 0 Å². The van der Waals surface area contributed by atoms with Crippen LogP contribution in [0.15, 0.2) is 122 Å². The van der Waals surface area contributed by atoms with Crippen molar-refractivity contribution in [3.8, 4) is 0 Å². The van der Waals surface area contributed by atoms with Crippen LogP contribution in [0.1, 0.15) is 297 Å². The number of ether oxygens (including phenoxy) is 3. The Morgan fingerprint density at radius 3 is 0.859 bits per heavy atom. The lowest BCUT2D eigenvalue weighted by Gasteiger charge is -2.18. The predicted molar refractivity (Wildman–Crippen MR) is 339 cm³/mol. The fraction of sp³-hybridized carbons (Fsp3) is 0.681. The maximum absolute atomic E-state index is 12.9. The predicted octanol–water partition coefficient (Wildman–Crippen LogP) is 22.4. The van der Waals surface area contributed by atoms with Crippen molar-refractivity contribution in [3.63, 3.8) is 0 Å². The third-order valence-corrected chi connectivity index (χ3v) is 13.7. The number of unbranched alkanes of at least 4 members (excludes halogenated alkanes) is 27. The average Bonchev–Trinajstić information content (AvgIpc) is 3.44. The van der Waals surface area contributed by atoms with Crippen LogP contribution in [0, 0.1) is 0 Å². The molecule has 444 valence electrons. The summed E-state index contributed by atoms with van der Waals surface area (Å²) in [7, 11) is 0. The molecule has 0 aromatic carbocycles. The molecule has 0 aromatic rings. The molecule has 78 heavy (non-hydrogen) atoms. The van der Waals surface area contributed by atoms with Crippen molar-refractivity contribution in [3.05, 3.63) is 122 Å². The number of carbonyl (C=O) groups is 3. The van der Waals surface area contributed by atoms with Crippen LogP contribution in [0.5, 0.6) is 0 Å². The summed E-state index contributed by atoms with van der Waals surface area (Å²) in [4.78, 5) is 38.2. The summed E-state index contributed by atoms with van der Waals surface area (Å²) in [6, 6.07) is 0. The first-order valence-corrected chi connectivity index (χ1v) is 32.5. The maximum Gasteiger partial charge on any atom is 0.306 e. The molecule has 0 heterocycles. The largest absolute Gasteiger partial charge is 0.462 e. The standard InChI is InChI=1S/C72H120O6/c1-4-7-10-13-16-19-22-25-27-29-30-31-32-33-34-35-36-37-38-39-40-41-42-43-45-47-50-53-56-59-62-65-71(74)77-68-69(67-76-70(73)64-61-58-55-52-49-46-24-21-18-15-12-9-6-3)78-72(75)66-63-60-57-54-51-48-44-28-26-23-20-17-14-11-8-5-2/h7,9-10,12,16,18-21,23,25,27-28,30-31,44,46,49,55,58,69H,4-6,8,11,13-15,17,22,24,26,29,32-43,45,47-48,50-54,56-57,59-68H2,1-3H3/b10-7-,12-9-,19-16-,21-18-,23-20-,27-25-,31-30-,44-28-,49-46-,58-55-. The smallest absolute Gasteiger partial charge is 0.306 e. The summed E-state index contributed by atoms with van der Waals surface area (Å²) in [5.74, 6) is -0.999. The molecule has 0 saturated heterocycles. The second kappa shape index (κ2) is 65.3. The molecule has 0 N–H and O–H groups in total. The van der Waals surface area contributed by atoms with Crippen LogP contribution in [0.25, 0.3) is 0 Å². The Labute approximate surface area is 482 Å². The summed E-state index contributed by atoms with van der Waals surface area (Å²) in [6.45, 7) is 6.33. The molecule has 0 aliphatic carbocycles. The molecule has 6 nitrogen and oxygen atoms in total. The molecular weight excluding hydrogens is 961 g/mol. The number of carbonyl (C=O) groups excluding carboxylic acids is 3. The lowest BCUT2D eigenvalue weighted by Crippen LogP contribution is -2.30. The second-order valence-electron chi connectivity index (χ2n) is 21.3. The molecule has 0 aliphatic heterocycles. The molecule has 0 radical (unpaired) electrons. The van der Waals surface area contributed by atoms with E-state index in [0.717, 1.165) is 116 Å². The van der Waals surface area contributed by atoms with Crippen LogP contribution >= 0.6 is 0 Å². The third kappa shape index (κ3) is 62.7. The van der Waals surface area contributed by atoms with Crippen LogP contribution < -0.4 is 0 Å². The normalized spacial score (nSPS) is 12.9. The molecule has 6 heteroatoms. The van der Waals surface area contributed by atoms with Crippen LogP contribution in [0.2, 0.25) is 0 Å². The van der Waals surface area contributed by atoms with Gasteiger partial charge in [0, 0.05) is 19.3 Å². The van der Waals surface area contributed by atoms with Crippen molar-refractivity contribution in [2.45, 2.75) is 303 Å². The number of hydrogen-bond donors (Lipinski definition) is 0. The molecule has 1 unspecified atom stereocenters. The monoisotopic (exact) mass is 1080 g/mol. The Morgan fingerprint density at radius 2 is 0.526 bits per heavy atom. The number of hydrogen-bond acceptors (Lipinski definition) is 6. The number of rotatable bonds is 58. The van der Waals surface area contributed by atoms with Gasteiger partial charge in [-0.3, -0.25) is 14.4 Å². The summed E-state index contributed by atoms with van der Waals surface area (Å²) < 4.78 is 16.8.